The summed E-state index contributed by atoms with van der Waals surface area (Å²) in [7, 11) is 0. The van der Waals surface area contributed by atoms with Crippen molar-refractivity contribution in [3.05, 3.63) is 124 Å². The normalized spacial score (nSPS) is 17.2. The molecular formula is C29H23N. The topological polar surface area (TPSA) is 23.8 Å². The van der Waals surface area contributed by atoms with Crippen molar-refractivity contribution in [1.82, 2.24) is 0 Å². The first-order valence-corrected chi connectivity index (χ1v) is 10.4. The number of rotatable bonds is 2. The van der Waals surface area contributed by atoms with Crippen LogP contribution in [0.4, 0.5) is 0 Å². The molecular weight excluding hydrogens is 362 g/mol. The molecule has 30 heavy (non-hydrogen) atoms. The third-order valence-corrected chi connectivity index (χ3v) is 6.36. The molecule has 0 heterocycles. The van der Waals surface area contributed by atoms with E-state index in [1.165, 1.54) is 44.5 Å². The fourth-order valence-corrected chi connectivity index (χ4v) is 4.80. The van der Waals surface area contributed by atoms with Gasteiger partial charge < -0.3 is 0 Å². The Kier molecular flexibility index (Phi) is 4.30. The first-order chi connectivity index (χ1) is 14.6. The fourth-order valence-electron chi connectivity index (χ4n) is 4.80. The minimum Gasteiger partial charge on any atom is -0.192 e. The number of benzene rings is 3. The maximum atomic E-state index is 9.38. The number of allylic oxidation sites excluding steroid dienone is 5. The van der Waals surface area contributed by atoms with Crippen LogP contribution in [0.25, 0.3) is 16.7 Å². The van der Waals surface area contributed by atoms with Crippen LogP contribution in [-0.2, 0) is 5.41 Å². The summed E-state index contributed by atoms with van der Waals surface area (Å²) in [6, 6.07) is 25.9. The predicted molar refractivity (Wildman–Crippen MR) is 124 cm³/mol. The van der Waals surface area contributed by atoms with Gasteiger partial charge >= 0.3 is 0 Å². The molecule has 0 atom stereocenters. The summed E-state index contributed by atoms with van der Waals surface area (Å²) in [4.78, 5) is 0. The Morgan fingerprint density at radius 3 is 2.27 bits per heavy atom. The van der Waals surface area contributed by atoms with Gasteiger partial charge in [0.2, 0.25) is 0 Å². The predicted octanol–water partition coefficient (Wildman–Crippen LogP) is 7.18. The van der Waals surface area contributed by atoms with Gasteiger partial charge in [-0.1, -0.05) is 86.7 Å². The van der Waals surface area contributed by atoms with E-state index < -0.39 is 0 Å². The molecule has 2 aliphatic carbocycles. The third kappa shape index (κ3) is 2.85. The average Bonchev–Trinajstić information content (AvgIpc) is 3.02. The Labute approximate surface area is 178 Å². The summed E-state index contributed by atoms with van der Waals surface area (Å²) in [5, 5.41) is 9.38. The second-order valence-electron chi connectivity index (χ2n) is 8.52. The summed E-state index contributed by atoms with van der Waals surface area (Å²) in [6.45, 7) is 4.53. The molecule has 0 aliphatic heterocycles. The molecule has 0 bridgehead atoms. The summed E-state index contributed by atoms with van der Waals surface area (Å²) in [5.41, 5.74) is 10.8. The van der Waals surface area contributed by atoms with Crippen LogP contribution < -0.4 is 0 Å². The van der Waals surface area contributed by atoms with Gasteiger partial charge in [0.15, 0.2) is 0 Å². The molecule has 0 amide bonds. The summed E-state index contributed by atoms with van der Waals surface area (Å²) in [5.74, 6) is 0. The average molecular weight is 386 g/mol. The Hall–Kier alpha value is -3.63. The van der Waals surface area contributed by atoms with Crippen molar-refractivity contribution in [2.24, 2.45) is 0 Å². The van der Waals surface area contributed by atoms with Crippen LogP contribution in [0.1, 0.15) is 48.1 Å². The Balaban J connectivity index is 1.71. The molecule has 1 nitrogen and oxygen atoms in total. The highest BCUT2D eigenvalue weighted by Gasteiger charge is 2.36. The minimum atomic E-state index is -0.137. The number of nitrogens with zero attached hydrogens (tertiary/aromatic N) is 1. The molecule has 0 fully saturated rings. The number of hydrogen-bond acceptors (Lipinski definition) is 1. The van der Waals surface area contributed by atoms with Crippen LogP contribution in [-0.4, -0.2) is 0 Å². The quantitative estimate of drug-likeness (QED) is 0.458. The van der Waals surface area contributed by atoms with Crippen LogP contribution in [0, 0.1) is 11.3 Å². The lowest BCUT2D eigenvalue weighted by molar-refractivity contribution is 0.660. The number of fused-ring (bicyclic) bond motifs is 3. The van der Waals surface area contributed by atoms with Gasteiger partial charge in [0.25, 0.3) is 0 Å². The number of hydrogen-bond donors (Lipinski definition) is 0. The van der Waals surface area contributed by atoms with Gasteiger partial charge in [-0.05, 0) is 69.1 Å². The Morgan fingerprint density at radius 1 is 0.833 bits per heavy atom. The molecule has 0 aromatic heterocycles. The molecule has 0 radical (unpaired) electrons. The zero-order valence-corrected chi connectivity index (χ0v) is 17.3. The lowest BCUT2D eigenvalue weighted by atomic mass is 9.80. The van der Waals surface area contributed by atoms with Gasteiger partial charge in [0.05, 0.1) is 11.6 Å². The van der Waals surface area contributed by atoms with E-state index in [1.54, 1.807) is 0 Å². The molecule has 0 unspecified atom stereocenters. The molecule has 3 aromatic rings. The van der Waals surface area contributed by atoms with Crippen molar-refractivity contribution in [3.63, 3.8) is 0 Å². The van der Waals surface area contributed by atoms with Gasteiger partial charge in [-0.3, -0.25) is 0 Å². The van der Waals surface area contributed by atoms with E-state index in [0.717, 1.165) is 12.0 Å². The number of nitriles is 1. The van der Waals surface area contributed by atoms with Crippen LogP contribution >= 0.6 is 0 Å². The van der Waals surface area contributed by atoms with Gasteiger partial charge in [0.1, 0.15) is 0 Å². The smallest absolute Gasteiger partial charge is 0.0991 e. The summed E-state index contributed by atoms with van der Waals surface area (Å²) < 4.78 is 0. The standard InChI is InChI=1S/C29H23N/c1-29(2)26-17-20(19-30)13-15-24(26)25-16-14-23(18-27(25)29)28(21-9-5-3-6-10-21)22-11-7-4-8-12-22/h3-11,13-18H,12H2,1-2H3/b28-22+. The minimum absolute atomic E-state index is 0.137. The van der Waals surface area contributed by atoms with E-state index >= 15 is 0 Å². The molecule has 0 saturated carbocycles. The molecule has 0 N–H and O–H groups in total. The Bertz CT molecular complexity index is 1280. The molecule has 5 rings (SSSR count). The molecule has 144 valence electrons. The highest BCUT2D eigenvalue weighted by molar-refractivity contribution is 5.88. The van der Waals surface area contributed by atoms with Crippen molar-refractivity contribution in [3.8, 4) is 17.2 Å². The first kappa shape index (κ1) is 18.4. The van der Waals surface area contributed by atoms with Gasteiger partial charge in [-0.15, -0.1) is 0 Å². The fraction of sp³-hybridized carbons (Fsp3) is 0.138. The maximum Gasteiger partial charge on any atom is 0.0991 e. The molecule has 0 spiro atoms. The van der Waals surface area contributed by atoms with E-state index in [0.29, 0.717) is 0 Å². The van der Waals surface area contributed by atoms with E-state index in [-0.39, 0.29) is 5.41 Å². The van der Waals surface area contributed by atoms with E-state index in [2.05, 4.69) is 105 Å². The highest BCUT2D eigenvalue weighted by Crippen LogP contribution is 2.50. The van der Waals surface area contributed by atoms with Crippen molar-refractivity contribution in [1.29, 1.82) is 5.26 Å². The van der Waals surface area contributed by atoms with Crippen LogP contribution in [0.2, 0.25) is 0 Å². The van der Waals surface area contributed by atoms with Crippen molar-refractivity contribution in [2.75, 3.05) is 0 Å². The van der Waals surface area contributed by atoms with Crippen LogP contribution in [0.15, 0.2) is 96.6 Å². The Morgan fingerprint density at radius 2 is 1.57 bits per heavy atom. The maximum absolute atomic E-state index is 9.38. The lowest BCUT2D eigenvalue weighted by Gasteiger charge is -2.23. The van der Waals surface area contributed by atoms with E-state index in [9.17, 15) is 5.26 Å². The summed E-state index contributed by atoms with van der Waals surface area (Å²) in [6.07, 6.45) is 9.62. The van der Waals surface area contributed by atoms with Crippen molar-refractivity contribution in [2.45, 2.75) is 25.7 Å². The van der Waals surface area contributed by atoms with E-state index in [1.807, 2.05) is 6.07 Å². The highest BCUT2D eigenvalue weighted by atomic mass is 14.4. The second kappa shape index (κ2) is 7.01. The van der Waals surface area contributed by atoms with Gasteiger partial charge in [-0.25, -0.2) is 0 Å². The van der Waals surface area contributed by atoms with Crippen molar-refractivity contribution >= 4 is 5.57 Å². The first-order valence-electron chi connectivity index (χ1n) is 10.4. The van der Waals surface area contributed by atoms with Crippen molar-refractivity contribution < 1.29 is 0 Å². The SMILES string of the molecule is CC1(C)c2cc(C#N)ccc2-c2ccc(/C(=C3\C=CC=CC3)c3ccccc3)cc21. The molecule has 1 heteroatoms. The largest absolute Gasteiger partial charge is 0.192 e. The monoisotopic (exact) mass is 385 g/mol. The zero-order chi connectivity index (χ0) is 20.7. The second-order valence-corrected chi connectivity index (χ2v) is 8.52. The molecule has 3 aromatic carbocycles. The zero-order valence-electron chi connectivity index (χ0n) is 17.3. The molecule has 2 aliphatic rings. The van der Waals surface area contributed by atoms with Crippen LogP contribution in [0.5, 0.6) is 0 Å². The molecule has 0 saturated heterocycles. The van der Waals surface area contributed by atoms with Gasteiger partial charge in [-0.2, -0.15) is 5.26 Å². The van der Waals surface area contributed by atoms with E-state index in [4.69, 9.17) is 0 Å². The van der Waals surface area contributed by atoms with Gasteiger partial charge in [0, 0.05) is 5.41 Å². The summed E-state index contributed by atoms with van der Waals surface area (Å²) >= 11 is 0. The van der Waals surface area contributed by atoms with Crippen LogP contribution in [0.3, 0.4) is 0 Å². The third-order valence-electron chi connectivity index (χ3n) is 6.36. The lowest BCUT2D eigenvalue weighted by Crippen LogP contribution is -2.15.